The SMILES string of the molecule is O=C(O)N1CC[C@@H](C(=O)N2CCC(O)(Cn3cnn4c(Br)ccc4c3=O)CC2)[C@H](c2ccccc2)C1. The van der Waals surface area contributed by atoms with Crippen LogP contribution in [0.5, 0.6) is 0 Å². The molecule has 0 saturated carbocycles. The molecule has 2 aliphatic rings. The Morgan fingerprint density at radius 2 is 1.78 bits per heavy atom. The minimum atomic E-state index is -1.13. The second kappa shape index (κ2) is 9.70. The number of nitrogens with zero attached hydrogens (tertiary/aromatic N) is 5. The maximum absolute atomic E-state index is 13.6. The monoisotopic (exact) mass is 557 g/mol. The molecule has 36 heavy (non-hydrogen) atoms. The van der Waals surface area contributed by atoms with Gasteiger partial charge in [0.25, 0.3) is 5.56 Å². The van der Waals surface area contributed by atoms with E-state index < -0.39 is 11.7 Å². The highest BCUT2D eigenvalue weighted by molar-refractivity contribution is 9.10. The van der Waals surface area contributed by atoms with Crippen LogP contribution >= 0.6 is 15.9 Å². The summed E-state index contributed by atoms with van der Waals surface area (Å²) >= 11 is 3.35. The standard InChI is InChI=1S/C25H28BrN5O5/c26-21-7-6-20-23(33)30(16-27-31(20)21)15-25(36)9-12-28(13-10-25)22(32)18-8-11-29(24(34)35)14-19(18)17-4-2-1-3-5-17/h1-7,16,18-19,36H,8-15H2,(H,34,35)/t18-,19+/m1/s1. The number of piperidine rings is 2. The van der Waals surface area contributed by atoms with E-state index in [9.17, 15) is 24.6 Å². The van der Waals surface area contributed by atoms with Gasteiger partial charge >= 0.3 is 6.09 Å². The Morgan fingerprint density at radius 3 is 2.47 bits per heavy atom. The molecular weight excluding hydrogens is 530 g/mol. The van der Waals surface area contributed by atoms with Gasteiger partial charge in [0.15, 0.2) is 0 Å². The number of likely N-dealkylation sites (tertiary alicyclic amines) is 2. The van der Waals surface area contributed by atoms with Gasteiger partial charge in [0.05, 0.1) is 12.1 Å². The molecule has 11 heteroatoms. The maximum atomic E-state index is 13.6. The number of rotatable bonds is 4. The Hall–Kier alpha value is -3.18. The second-order valence-electron chi connectivity index (χ2n) is 9.71. The topological polar surface area (TPSA) is 120 Å². The van der Waals surface area contributed by atoms with E-state index in [-0.39, 0.29) is 36.4 Å². The highest BCUT2D eigenvalue weighted by atomic mass is 79.9. The Bertz CT molecular complexity index is 1330. The molecule has 5 rings (SSSR count). The zero-order valence-electron chi connectivity index (χ0n) is 19.7. The summed E-state index contributed by atoms with van der Waals surface area (Å²) < 4.78 is 3.60. The first-order chi connectivity index (χ1) is 17.3. The number of hydrogen-bond acceptors (Lipinski definition) is 5. The van der Waals surface area contributed by atoms with Gasteiger partial charge in [-0.2, -0.15) is 5.10 Å². The van der Waals surface area contributed by atoms with Crippen molar-refractivity contribution in [2.75, 3.05) is 26.2 Å². The van der Waals surface area contributed by atoms with E-state index in [0.29, 0.717) is 49.0 Å². The van der Waals surface area contributed by atoms with E-state index in [2.05, 4.69) is 21.0 Å². The summed E-state index contributed by atoms with van der Waals surface area (Å²) in [5.41, 5.74) is 0.00374. The number of benzene rings is 1. The van der Waals surface area contributed by atoms with E-state index in [1.54, 1.807) is 17.0 Å². The van der Waals surface area contributed by atoms with Crippen LogP contribution in [0, 0.1) is 5.92 Å². The van der Waals surface area contributed by atoms with Gasteiger partial charge in [-0.3, -0.25) is 14.2 Å². The van der Waals surface area contributed by atoms with Crippen molar-refractivity contribution in [2.24, 2.45) is 5.92 Å². The van der Waals surface area contributed by atoms with E-state index in [1.807, 2.05) is 30.3 Å². The van der Waals surface area contributed by atoms with Crippen LogP contribution in [-0.4, -0.2) is 78.0 Å². The largest absolute Gasteiger partial charge is 0.465 e. The van der Waals surface area contributed by atoms with Gasteiger partial charge in [-0.25, -0.2) is 9.31 Å². The number of carbonyl (C=O) groups excluding carboxylic acids is 1. The second-order valence-corrected chi connectivity index (χ2v) is 10.5. The van der Waals surface area contributed by atoms with Crippen molar-refractivity contribution in [1.82, 2.24) is 24.0 Å². The van der Waals surface area contributed by atoms with E-state index in [4.69, 9.17) is 0 Å². The number of aliphatic hydroxyl groups is 1. The van der Waals surface area contributed by atoms with Crippen LogP contribution < -0.4 is 5.56 Å². The third-order valence-corrected chi connectivity index (χ3v) is 8.09. The van der Waals surface area contributed by atoms with Gasteiger partial charge in [0.2, 0.25) is 5.91 Å². The number of aromatic nitrogens is 3. The molecule has 0 aliphatic carbocycles. The Kier molecular flexibility index (Phi) is 6.60. The number of carbonyl (C=O) groups is 2. The summed E-state index contributed by atoms with van der Waals surface area (Å²) in [4.78, 5) is 41.2. The molecule has 2 aromatic heterocycles. The van der Waals surface area contributed by atoms with Crippen LogP contribution in [0.4, 0.5) is 4.79 Å². The predicted molar refractivity (Wildman–Crippen MR) is 135 cm³/mol. The minimum Gasteiger partial charge on any atom is -0.465 e. The average Bonchev–Trinajstić information content (AvgIpc) is 3.27. The normalized spacial score (nSPS) is 22.1. The molecule has 1 aromatic carbocycles. The number of fused-ring (bicyclic) bond motifs is 1. The van der Waals surface area contributed by atoms with Crippen LogP contribution in [0.2, 0.25) is 0 Å². The third-order valence-electron chi connectivity index (χ3n) is 7.49. The average molecular weight is 558 g/mol. The molecule has 0 bridgehead atoms. The van der Waals surface area contributed by atoms with Crippen LogP contribution in [0.3, 0.4) is 0 Å². The fraction of sp³-hybridized carbons (Fsp3) is 0.440. The summed E-state index contributed by atoms with van der Waals surface area (Å²) in [5, 5.41) is 25.0. The molecule has 0 radical (unpaired) electrons. The van der Waals surface area contributed by atoms with Crippen molar-refractivity contribution in [1.29, 1.82) is 0 Å². The molecule has 2 atom stereocenters. The van der Waals surface area contributed by atoms with E-state index >= 15 is 0 Å². The quantitative estimate of drug-likeness (QED) is 0.508. The smallest absolute Gasteiger partial charge is 0.407 e. The van der Waals surface area contributed by atoms with Crippen molar-refractivity contribution in [3.05, 3.63) is 69.3 Å². The van der Waals surface area contributed by atoms with Crippen molar-refractivity contribution in [3.8, 4) is 0 Å². The molecule has 2 saturated heterocycles. The van der Waals surface area contributed by atoms with E-state index in [1.165, 1.54) is 20.3 Å². The molecule has 10 nitrogen and oxygen atoms in total. The molecule has 2 amide bonds. The number of halogens is 1. The van der Waals surface area contributed by atoms with Gasteiger partial charge < -0.3 is 20.0 Å². The maximum Gasteiger partial charge on any atom is 0.407 e. The Morgan fingerprint density at radius 1 is 1.06 bits per heavy atom. The number of hydrogen-bond donors (Lipinski definition) is 2. The van der Waals surface area contributed by atoms with E-state index in [0.717, 1.165) is 5.56 Å². The highest BCUT2D eigenvalue weighted by Gasteiger charge is 2.41. The van der Waals surface area contributed by atoms with Crippen LogP contribution in [0.15, 0.2) is 58.2 Å². The molecule has 2 N–H and O–H groups in total. The molecule has 0 spiro atoms. The first kappa shape index (κ1) is 24.5. The fourth-order valence-electron chi connectivity index (χ4n) is 5.42. The van der Waals surface area contributed by atoms with Crippen molar-refractivity contribution in [3.63, 3.8) is 0 Å². The van der Waals surface area contributed by atoms with Crippen LogP contribution in [0.25, 0.3) is 5.52 Å². The predicted octanol–water partition coefficient (Wildman–Crippen LogP) is 2.40. The molecule has 4 heterocycles. The van der Waals surface area contributed by atoms with Crippen molar-refractivity contribution >= 4 is 33.4 Å². The van der Waals surface area contributed by atoms with Gasteiger partial charge in [0, 0.05) is 38.0 Å². The summed E-state index contributed by atoms with van der Waals surface area (Å²) in [7, 11) is 0. The lowest BCUT2D eigenvalue weighted by Crippen LogP contribution is -2.53. The number of amides is 2. The highest BCUT2D eigenvalue weighted by Crippen LogP contribution is 2.35. The zero-order valence-corrected chi connectivity index (χ0v) is 21.2. The van der Waals surface area contributed by atoms with Gasteiger partial charge in [-0.15, -0.1) is 0 Å². The summed E-state index contributed by atoms with van der Waals surface area (Å²) in [5.74, 6) is -0.549. The first-order valence-electron chi connectivity index (χ1n) is 12.0. The molecular formula is C25H28BrN5O5. The van der Waals surface area contributed by atoms with Crippen molar-refractivity contribution in [2.45, 2.75) is 37.3 Å². The molecule has 2 aliphatic heterocycles. The van der Waals surface area contributed by atoms with Gasteiger partial charge in [-0.05, 0) is 52.9 Å². The summed E-state index contributed by atoms with van der Waals surface area (Å²) in [6, 6.07) is 13.0. The van der Waals surface area contributed by atoms with Crippen molar-refractivity contribution < 1.29 is 19.8 Å². The minimum absolute atomic E-state index is 0.00534. The van der Waals surface area contributed by atoms with Crippen LogP contribution in [-0.2, 0) is 11.3 Å². The zero-order chi connectivity index (χ0) is 25.4. The molecule has 3 aromatic rings. The lowest BCUT2D eigenvalue weighted by Gasteiger charge is -2.42. The van der Waals surface area contributed by atoms with Crippen LogP contribution in [0.1, 0.15) is 30.7 Å². The first-order valence-corrected chi connectivity index (χ1v) is 12.8. The number of carboxylic acid groups (broad SMARTS) is 1. The Labute approximate surface area is 215 Å². The lowest BCUT2D eigenvalue weighted by molar-refractivity contribution is -0.142. The Balaban J connectivity index is 1.28. The third kappa shape index (κ3) is 4.64. The molecule has 190 valence electrons. The van der Waals surface area contributed by atoms with Gasteiger partial charge in [0.1, 0.15) is 16.4 Å². The molecule has 0 unspecified atom stereocenters. The summed E-state index contributed by atoms with van der Waals surface area (Å²) in [6.45, 7) is 1.45. The molecule has 2 fully saturated rings. The lowest BCUT2D eigenvalue weighted by atomic mass is 9.79. The fourth-order valence-corrected chi connectivity index (χ4v) is 5.84. The van der Waals surface area contributed by atoms with Gasteiger partial charge in [-0.1, -0.05) is 30.3 Å². The summed E-state index contributed by atoms with van der Waals surface area (Å²) in [6.07, 6.45) is 1.59.